The van der Waals surface area contributed by atoms with Gasteiger partial charge in [-0.2, -0.15) is 0 Å². The minimum absolute atomic E-state index is 0.0712. The zero-order valence-electron chi connectivity index (χ0n) is 14.8. The van der Waals surface area contributed by atoms with Crippen LogP contribution in [-0.4, -0.2) is 22.6 Å². The van der Waals surface area contributed by atoms with Gasteiger partial charge in [0.05, 0.1) is 0 Å². The fourth-order valence-electron chi connectivity index (χ4n) is 4.71. The van der Waals surface area contributed by atoms with Crippen molar-refractivity contribution >= 4 is 26.5 Å². The maximum Gasteiger partial charge on any atom is -0.0158 e. The topological polar surface area (TPSA) is 0 Å². The average molecular weight is 334 g/mol. The summed E-state index contributed by atoms with van der Waals surface area (Å²) in [6, 6.07) is 9.67. The van der Waals surface area contributed by atoms with Crippen LogP contribution < -0.4 is 10.6 Å². The molecule has 122 valence electrons. The van der Waals surface area contributed by atoms with Crippen molar-refractivity contribution in [1.82, 2.24) is 0 Å². The molecule has 0 bridgehead atoms. The molecule has 2 heterocycles. The predicted octanol–water partition coefficient (Wildman–Crippen LogP) is 5.82. The molecule has 0 aromatic heterocycles. The number of hydrogen-bond acceptors (Lipinski definition) is 0. The van der Waals surface area contributed by atoms with Crippen molar-refractivity contribution in [3.63, 3.8) is 0 Å². The van der Waals surface area contributed by atoms with Crippen molar-refractivity contribution in [1.29, 1.82) is 0 Å². The van der Waals surface area contributed by atoms with Crippen LogP contribution in [0.25, 0.3) is 0 Å². The first-order valence-corrected chi connectivity index (χ1v) is 12.3. The van der Waals surface area contributed by atoms with Gasteiger partial charge in [-0.05, 0) is 71.8 Å². The standard InChI is InChI=1S/C20H32P2/c1-5-17-13-11-15(3)21(17)19-9-7-8-10-20(19)22-16(4)12-14-18(22)6-2/h7-10,15-18H,5-6,11-14H2,1-4H3/t15-,16-,17+,18+,21?,22?/m1/s1. The van der Waals surface area contributed by atoms with Crippen LogP contribution in [0.15, 0.2) is 24.3 Å². The van der Waals surface area contributed by atoms with Crippen molar-refractivity contribution in [3.8, 4) is 0 Å². The Morgan fingerprint density at radius 2 is 1.18 bits per heavy atom. The van der Waals surface area contributed by atoms with Crippen LogP contribution in [0.1, 0.15) is 66.2 Å². The van der Waals surface area contributed by atoms with E-state index in [2.05, 4.69) is 52.0 Å². The zero-order valence-corrected chi connectivity index (χ0v) is 16.5. The van der Waals surface area contributed by atoms with Crippen molar-refractivity contribution in [2.24, 2.45) is 0 Å². The summed E-state index contributed by atoms with van der Waals surface area (Å²) < 4.78 is 0. The molecule has 1 aromatic carbocycles. The molecule has 2 saturated heterocycles. The lowest BCUT2D eigenvalue weighted by Gasteiger charge is -2.31. The van der Waals surface area contributed by atoms with Gasteiger partial charge >= 0.3 is 0 Å². The van der Waals surface area contributed by atoms with Crippen molar-refractivity contribution in [2.75, 3.05) is 0 Å². The average Bonchev–Trinajstić information content (AvgIpc) is 3.09. The highest BCUT2D eigenvalue weighted by molar-refractivity contribution is 7.73. The SMILES string of the molecule is CC[C@H]1CC[C@@H](C)P1c1ccccc1P1[C@@H](CC)CC[C@H]1C. The van der Waals surface area contributed by atoms with Crippen LogP contribution in [0.4, 0.5) is 0 Å². The van der Waals surface area contributed by atoms with E-state index in [1.165, 1.54) is 38.5 Å². The molecule has 0 radical (unpaired) electrons. The van der Waals surface area contributed by atoms with Gasteiger partial charge in [0.1, 0.15) is 0 Å². The molecular weight excluding hydrogens is 302 g/mol. The van der Waals surface area contributed by atoms with Crippen LogP contribution >= 0.6 is 15.8 Å². The Kier molecular flexibility index (Phi) is 5.63. The molecule has 0 saturated carbocycles. The van der Waals surface area contributed by atoms with E-state index in [-0.39, 0.29) is 15.8 Å². The third-order valence-corrected chi connectivity index (χ3v) is 13.3. The van der Waals surface area contributed by atoms with Gasteiger partial charge in [-0.15, -0.1) is 0 Å². The molecule has 0 nitrogen and oxygen atoms in total. The van der Waals surface area contributed by atoms with E-state index in [4.69, 9.17) is 0 Å². The van der Waals surface area contributed by atoms with Gasteiger partial charge in [-0.25, -0.2) is 0 Å². The molecule has 0 aliphatic carbocycles. The fraction of sp³-hybridized carbons (Fsp3) is 0.700. The molecule has 2 unspecified atom stereocenters. The van der Waals surface area contributed by atoms with Gasteiger partial charge in [0.2, 0.25) is 0 Å². The summed E-state index contributed by atoms with van der Waals surface area (Å²) in [4.78, 5) is 0. The Bertz CT molecular complexity index is 453. The highest BCUT2D eigenvalue weighted by Gasteiger charge is 2.38. The molecule has 2 fully saturated rings. The monoisotopic (exact) mass is 334 g/mol. The molecule has 6 atom stereocenters. The molecule has 0 amide bonds. The summed E-state index contributed by atoms with van der Waals surface area (Å²) >= 11 is 0. The zero-order chi connectivity index (χ0) is 15.7. The second kappa shape index (κ2) is 7.32. The summed E-state index contributed by atoms with van der Waals surface area (Å²) in [6.07, 6.45) is 8.64. The first-order valence-electron chi connectivity index (χ1n) is 9.33. The van der Waals surface area contributed by atoms with Gasteiger partial charge in [-0.1, -0.05) is 67.8 Å². The Labute approximate surface area is 140 Å². The van der Waals surface area contributed by atoms with E-state index >= 15 is 0 Å². The predicted molar refractivity (Wildman–Crippen MR) is 105 cm³/mol. The number of benzene rings is 1. The minimum atomic E-state index is 0.0712. The first-order chi connectivity index (χ1) is 10.7. The third-order valence-electron chi connectivity index (χ3n) is 5.95. The molecule has 2 heteroatoms. The van der Waals surface area contributed by atoms with E-state index in [9.17, 15) is 0 Å². The summed E-state index contributed by atoms with van der Waals surface area (Å²) in [7, 11) is 0.142. The highest BCUT2D eigenvalue weighted by Crippen LogP contribution is 2.60. The number of rotatable bonds is 4. The highest BCUT2D eigenvalue weighted by atomic mass is 31.1. The lowest BCUT2D eigenvalue weighted by molar-refractivity contribution is 0.726. The minimum Gasteiger partial charge on any atom is -0.0686 e. The van der Waals surface area contributed by atoms with Crippen molar-refractivity contribution in [2.45, 2.75) is 88.9 Å². The molecule has 0 N–H and O–H groups in total. The van der Waals surface area contributed by atoms with E-state index in [1.807, 2.05) is 10.6 Å². The van der Waals surface area contributed by atoms with E-state index in [1.54, 1.807) is 0 Å². The second-order valence-electron chi connectivity index (χ2n) is 7.28. The smallest absolute Gasteiger partial charge is 0.0158 e. The van der Waals surface area contributed by atoms with Crippen LogP contribution in [0, 0.1) is 0 Å². The molecule has 2 aliphatic rings. The molecule has 22 heavy (non-hydrogen) atoms. The van der Waals surface area contributed by atoms with Crippen LogP contribution in [-0.2, 0) is 0 Å². The Hall–Kier alpha value is 0.0800. The van der Waals surface area contributed by atoms with Gasteiger partial charge in [0, 0.05) is 0 Å². The lowest BCUT2D eigenvalue weighted by atomic mass is 10.2. The van der Waals surface area contributed by atoms with Gasteiger partial charge in [-0.3, -0.25) is 0 Å². The van der Waals surface area contributed by atoms with Gasteiger partial charge in [0.15, 0.2) is 0 Å². The van der Waals surface area contributed by atoms with Crippen molar-refractivity contribution in [3.05, 3.63) is 24.3 Å². The maximum atomic E-state index is 2.53. The molecule has 0 spiro atoms. The summed E-state index contributed by atoms with van der Waals surface area (Å²) in [5, 5.41) is 3.63. The molecule has 3 rings (SSSR count). The Morgan fingerprint density at radius 3 is 1.55 bits per heavy atom. The lowest BCUT2D eigenvalue weighted by Crippen LogP contribution is -2.29. The van der Waals surface area contributed by atoms with Gasteiger partial charge in [0.25, 0.3) is 0 Å². The second-order valence-corrected chi connectivity index (χ2v) is 13.1. The quantitative estimate of drug-likeness (QED) is 0.608. The van der Waals surface area contributed by atoms with E-state index < -0.39 is 0 Å². The normalized spacial score (nSPS) is 38.5. The summed E-state index contributed by atoms with van der Waals surface area (Å²) in [5.74, 6) is 0. The molecule has 1 aromatic rings. The van der Waals surface area contributed by atoms with Crippen molar-refractivity contribution < 1.29 is 0 Å². The third kappa shape index (κ3) is 3.03. The molecular formula is C20H32P2. The van der Waals surface area contributed by atoms with E-state index in [0.717, 1.165) is 22.6 Å². The maximum absolute atomic E-state index is 2.53. The van der Waals surface area contributed by atoms with Crippen LogP contribution in [0.5, 0.6) is 0 Å². The summed E-state index contributed by atoms with van der Waals surface area (Å²) in [5.41, 5.74) is 3.85. The Balaban J connectivity index is 1.99. The Morgan fingerprint density at radius 1 is 0.773 bits per heavy atom. The van der Waals surface area contributed by atoms with Crippen LogP contribution in [0.2, 0.25) is 0 Å². The fourth-order valence-corrected chi connectivity index (χ4v) is 12.3. The first kappa shape index (κ1) is 16.9. The van der Waals surface area contributed by atoms with Gasteiger partial charge < -0.3 is 0 Å². The molecule has 2 aliphatic heterocycles. The van der Waals surface area contributed by atoms with E-state index in [0.29, 0.717) is 0 Å². The number of hydrogen-bond donors (Lipinski definition) is 0. The summed E-state index contributed by atoms with van der Waals surface area (Å²) in [6.45, 7) is 9.89. The van der Waals surface area contributed by atoms with Crippen LogP contribution in [0.3, 0.4) is 0 Å². The largest absolute Gasteiger partial charge is 0.0686 e.